The van der Waals surface area contributed by atoms with Crippen molar-refractivity contribution >= 4 is 10.0 Å². The fourth-order valence-corrected chi connectivity index (χ4v) is 3.22. The molecule has 1 aromatic carbocycles. The van der Waals surface area contributed by atoms with E-state index in [0.717, 1.165) is 0 Å². The highest BCUT2D eigenvalue weighted by molar-refractivity contribution is 7.89. The molecule has 0 saturated carbocycles. The molecular formula is C14H16N2O3S. The Bertz CT molecular complexity index is 687. The van der Waals surface area contributed by atoms with Crippen LogP contribution >= 0.6 is 0 Å². The Hall–Kier alpha value is -1.92. The molecule has 0 saturated heterocycles. The number of nitrogens with zero attached hydrogens (tertiary/aromatic N) is 2. The number of hydrogen-bond acceptors (Lipinski definition) is 4. The molecule has 20 heavy (non-hydrogen) atoms. The molecule has 1 aromatic heterocycles. The van der Waals surface area contributed by atoms with Crippen molar-refractivity contribution in [2.45, 2.75) is 17.9 Å². The van der Waals surface area contributed by atoms with E-state index in [2.05, 4.69) is 4.98 Å². The van der Waals surface area contributed by atoms with Gasteiger partial charge in [0.2, 0.25) is 10.0 Å². The largest absolute Gasteiger partial charge is 0.508 e. The number of sulfonamides is 1. The van der Waals surface area contributed by atoms with Gasteiger partial charge in [0.15, 0.2) is 0 Å². The fourth-order valence-electron chi connectivity index (χ4n) is 1.91. The number of benzene rings is 1. The van der Waals surface area contributed by atoms with Gasteiger partial charge in [0, 0.05) is 25.0 Å². The van der Waals surface area contributed by atoms with Gasteiger partial charge < -0.3 is 5.11 Å². The van der Waals surface area contributed by atoms with Gasteiger partial charge in [-0.25, -0.2) is 8.42 Å². The average molecular weight is 292 g/mol. The summed E-state index contributed by atoms with van der Waals surface area (Å²) in [4.78, 5) is 3.96. The molecule has 0 amide bonds. The Morgan fingerprint density at radius 3 is 2.50 bits per heavy atom. The van der Waals surface area contributed by atoms with E-state index < -0.39 is 16.1 Å². The van der Waals surface area contributed by atoms with Gasteiger partial charge >= 0.3 is 0 Å². The average Bonchev–Trinajstić information content (AvgIpc) is 2.47. The summed E-state index contributed by atoms with van der Waals surface area (Å²) in [6, 6.07) is 9.28. The van der Waals surface area contributed by atoms with Crippen molar-refractivity contribution < 1.29 is 13.5 Å². The number of pyridine rings is 1. The first-order valence-corrected chi connectivity index (χ1v) is 7.54. The first kappa shape index (κ1) is 14.5. The number of rotatable bonds is 4. The van der Waals surface area contributed by atoms with Crippen molar-refractivity contribution in [3.63, 3.8) is 0 Å². The minimum atomic E-state index is -3.64. The summed E-state index contributed by atoms with van der Waals surface area (Å²) in [6.07, 6.45) is 2.83. The van der Waals surface area contributed by atoms with Crippen LogP contribution in [0.3, 0.4) is 0 Å². The molecule has 1 heterocycles. The van der Waals surface area contributed by atoms with Crippen molar-refractivity contribution in [1.82, 2.24) is 9.29 Å². The molecule has 6 heteroatoms. The van der Waals surface area contributed by atoms with Gasteiger partial charge in [-0.2, -0.15) is 4.31 Å². The zero-order chi connectivity index (χ0) is 14.8. The van der Waals surface area contributed by atoms with Gasteiger partial charge in [-0.1, -0.05) is 18.2 Å². The molecule has 0 fully saturated rings. The van der Waals surface area contributed by atoms with Gasteiger partial charge in [0.1, 0.15) is 10.6 Å². The van der Waals surface area contributed by atoms with Crippen LogP contribution in [0.25, 0.3) is 0 Å². The molecule has 1 N–H and O–H groups in total. The standard InChI is InChI=1S/C14H16N2O3S/c1-11(13-7-3-4-8-14(13)17)16(2)20(18,19)12-6-5-9-15-10-12/h3-11,17H,1-2H3. The quantitative estimate of drug-likeness (QED) is 0.937. The lowest BCUT2D eigenvalue weighted by atomic mass is 10.1. The highest BCUT2D eigenvalue weighted by Crippen LogP contribution is 2.30. The third-order valence-corrected chi connectivity index (χ3v) is 5.16. The molecule has 2 aromatic rings. The first-order chi connectivity index (χ1) is 9.44. The normalized spacial score (nSPS) is 13.3. The van der Waals surface area contributed by atoms with Crippen molar-refractivity contribution in [3.05, 3.63) is 54.4 Å². The zero-order valence-electron chi connectivity index (χ0n) is 11.3. The maximum atomic E-state index is 12.5. The summed E-state index contributed by atoms with van der Waals surface area (Å²) in [7, 11) is -2.16. The molecule has 0 radical (unpaired) electrons. The lowest BCUT2D eigenvalue weighted by Gasteiger charge is -2.25. The molecular weight excluding hydrogens is 276 g/mol. The van der Waals surface area contributed by atoms with E-state index in [0.29, 0.717) is 5.56 Å². The van der Waals surface area contributed by atoms with Crippen molar-refractivity contribution in [3.8, 4) is 5.75 Å². The monoisotopic (exact) mass is 292 g/mol. The van der Waals surface area contributed by atoms with Gasteiger partial charge in [-0.15, -0.1) is 0 Å². The third-order valence-electron chi connectivity index (χ3n) is 3.24. The minimum Gasteiger partial charge on any atom is -0.508 e. The van der Waals surface area contributed by atoms with Crippen LogP contribution in [0.5, 0.6) is 5.75 Å². The molecule has 5 nitrogen and oxygen atoms in total. The highest BCUT2D eigenvalue weighted by Gasteiger charge is 2.27. The number of para-hydroxylation sites is 1. The van der Waals surface area contributed by atoms with E-state index in [1.54, 1.807) is 31.2 Å². The maximum Gasteiger partial charge on any atom is 0.244 e. The fraction of sp³-hybridized carbons (Fsp3) is 0.214. The summed E-state index contributed by atoms with van der Waals surface area (Å²) in [6.45, 7) is 1.73. The first-order valence-electron chi connectivity index (χ1n) is 6.10. The molecule has 0 bridgehead atoms. The van der Waals surface area contributed by atoms with Crippen LogP contribution < -0.4 is 0 Å². The van der Waals surface area contributed by atoms with Gasteiger partial charge in [0.05, 0.1) is 6.04 Å². The Morgan fingerprint density at radius 2 is 1.90 bits per heavy atom. The number of phenolic OH excluding ortho intramolecular Hbond substituents is 1. The molecule has 2 rings (SSSR count). The van der Waals surface area contributed by atoms with Crippen molar-refractivity contribution in [1.29, 1.82) is 0 Å². The van der Waals surface area contributed by atoms with E-state index in [1.807, 2.05) is 0 Å². The molecule has 106 valence electrons. The number of phenols is 1. The minimum absolute atomic E-state index is 0.0771. The van der Waals surface area contributed by atoms with Crippen LogP contribution in [0.2, 0.25) is 0 Å². The van der Waals surface area contributed by atoms with Crippen LogP contribution in [0, 0.1) is 0 Å². The molecule has 0 aliphatic carbocycles. The molecule has 1 atom stereocenters. The second kappa shape index (κ2) is 5.60. The highest BCUT2D eigenvalue weighted by atomic mass is 32.2. The Balaban J connectivity index is 2.37. The second-order valence-corrected chi connectivity index (χ2v) is 6.44. The lowest BCUT2D eigenvalue weighted by molar-refractivity contribution is 0.381. The van der Waals surface area contributed by atoms with E-state index in [9.17, 15) is 13.5 Å². The van der Waals surface area contributed by atoms with E-state index in [1.165, 1.54) is 35.9 Å². The summed E-state index contributed by atoms with van der Waals surface area (Å²) >= 11 is 0. The Labute approximate surface area is 118 Å². The predicted octanol–water partition coefficient (Wildman–Crippen LogP) is 2.17. The maximum absolute atomic E-state index is 12.5. The smallest absolute Gasteiger partial charge is 0.244 e. The van der Waals surface area contributed by atoms with Crippen molar-refractivity contribution in [2.24, 2.45) is 0 Å². The Kier molecular flexibility index (Phi) is 4.06. The van der Waals surface area contributed by atoms with Gasteiger partial charge in [0.25, 0.3) is 0 Å². The number of aromatic hydroxyl groups is 1. The van der Waals surface area contributed by atoms with Crippen LogP contribution in [0.1, 0.15) is 18.5 Å². The van der Waals surface area contributed by atoms with Gasteiger partial charge in [-0.05, 0) is 25.1 Å². The number of aromatic nitrogens is 1. The summed E-state index contributed by atoms with van der Waals surface area (Å²) < 4.78 is 26.1. The van der Waals surface area contributed by atoms with Crippen LogP contribution in [0.15, 0.2) is 53.7 Å². The summed E-state index contributed by atoms with van der Waals surface area (Å²) in [5, 5.41) is 9.83. The van der Waals surface area contributed by atoms with Gasteiger partial charge in [-0.3, -0.25) is 4.98 Å². The Morgan fingerprint density at radius 1 is 1.20 bits per heavy atom. The molecule has 1 unspecified atom stereocenters. The second-order valence-electron chi connectivity index (χ2n) is 4.44. The van der Waals surface area contributed by atoms with Crippen LogP contribution in [-0.4, -0.2) is 29.9 Å². The predicted molar refractivity (Wildman–Crippen MR) is 75.7 cm³/mol. The number of hydrogen-bond donors (Lipinski definition) is 1. The van der Waals surface area contributed by atoms with Crippen molar-refractivity contribution in [2.75, 3.05) is 7.05 Å². The zero-order valence-corrected chi connectivity index (χ0v) is 12.1. The summed E-state index contributed by atoms with van der Waals surface area (Å²) in [5.41, 5.74) is 0.558. The lowest BCUT2D eigenvalue weighted by Crippen LogP contribution is -2.29. The topological polar surface area (TPSA) is 70.5 Å². The molecule has 0 aliphatic heterocycles. The van der Waals surface area contributed by atoms with E-state index in [4.69, 9.17) is 0 Å². The van der Waals surface area contributed by atoms with Crippen LogP contribution in [0.4, 0.5) is 0 Å². The van der Waals surface area contributed by atoms with Crippen LogP contribution in [-0.2, 0) is 10.0 Å². The molecule has 0 spiro atoms. The molecule has 0 aliphatic rings. The SMILES string of the molecule is CC(c1ccccc1O)N(C)S(=O)(=O)c1cccnc1. The van der Waals surface area contributed by atoms with E-state index >= 15 is 0 Å². The summed E-state index contributed by atoms with van der Waals surface area (Å²) in [5.74, 6) is 0.0771. The van der Waals surface area contributed by atoms with E-state index in [-0.39, 0.29) is 10.6 Å². The third kappa shape index (κ3) is 2.66.